The molecule has 0 saturated carbocycles. The summed E-state index contributed by atoms with van der Waals surface area (Å²) in [6.07, 6.45) is 3.22. The van der Waals surface area contributed by atoms with Crippen molar-refractivity contribution in [3.63, 3.8) is 0 Å². The lowest BCUT2D eigenvalue weighted by Gasteiger charge is -2.13. The first-order valence-electron chi connectivity index (χ1n) is 8.88. The number of hydrogen-bond acceptors (Lipinski definition) is 5. The average molecular weight is 387 g/mol. The van der Waals surface area contributed by atoms with Gasteiger partial charge in [-0.25, -0.2) is 0 Å². The molecule has 1 amide bonds. The molecule has 0 aliphatic carbocycles. The minimum absolute atomic E-state index is 0.0781. The highest BCUT2D eigenvalue weighted by atomic mass is 16.6. The van der Waals surface area contributed by atoms with Crippen LogP contribution < -0.4 is 9.64 Å². The summed E-state index contributed by atoms with van der Waals surface area (Å²) in [6, 6.07) is 15.3. The van der Waals surface area contributed by atoms with Crippen LogP contribution >= 0.6 is 0 Å². The number of ether oxygens (including phenoxy) is 1. The minimum Gasteiger partial charge on any atom is -0.497 e. The van der Waals surface area contributed by atoms with E-state index in [0.29, 0.717) is 39.3 Å². The molecule has 7 heteroatoms. The van der Waals surface area contributed by atoms with Crippen molar-refractivity contribution in [3.05, 3.63) is 93.8 Å². The Morgan fingerprint density at radius 1 is 1.14 bits per heavy atom. The van der Waals surface area contributed by atoms with Crippen LogP contribution in [0, 0.1) is 10.1 Å². The van der Waals surface area contributed by atoms with Crippen molar-refractivity contribution in [3.8, 4) is 5.75 Å². The maximum atomic E-state index is 13.3. The Bertz CT molecular complexity index is 1160. The van der Waals surface area contributed by atoms with E-state index in [2.05, 4.69) is 4.98 Å². The van der Waals surface area contributed by atoms with Crippen LogP contribution in [-0.2, 0) is 4.79 Å². The topological polar surface area (TPSA) is 85.6 Å². The Kier molecular flexibility index (Phi) is 4.56. The summed E-state index contributed by atoms with van der Waals surface area (Å²) >= 11 is 0. The van der Waals surface area contributed by atoms with Gasteiger partial charge in [0, 0.05) is 42.2 Å². The van der Waals surface area contributed by atoms with Crippen molar-refractivity contribution in [2.24, 2.45) is 0 Å². The average Bonchev–Trinajstić information content (AvgIpc) is 2.99. The van der Waals surface area contributed by atoms with Crippen LogP contribution in [0.15, 0.2) is 67.0 Å². The number of amides is 1. The van der Waals surface area contributed by atoms with Gasteiger partial charge in [0.15, 0.2) is 0 Å². The molecule has 7 nitrogen and oxygen atoms in total. The monoisotopic (exact) mass is 387 g/mol. The van der Waals surface area contributed by atoms with Crippen molar-refractivity contribution in [1.29, 1.82) is 0 Å². The lowest BCUT2D eigenvalue weighted by atomic mass is 9.90. The highest BCUT2D eigenvalue weighted by Gasteiger charge is 2.35. The zero-order valence-corrected chi connectivity index (χ0v) is 15.8. The second-order valence-electron chi connectivity index (χ2n) is 6.51. The molecule has 0 spiro atoms. The zero-order valence-electron chi connectivity index (χ0n) is 15.8. The van der Waals surface area contributed by atoms with Crippen molar-refractivity contribution in [2.75, 3.05) is 19.1 Å². The molecule has 4 rings (SSSR count). The normalized spacial score (nSPS) is 14.6. The molecule has 1 aliphatic rings. The van der Waals surface area contributed by atoms with Crippen molar-refractivity contribution in [2.45, 2.75) is 0 Å². The Balaban J connectivity index is 2.12. The summed E-state index contributed by atoms with van der Waals surface area (Å²) in [5.41, 5.74) is 3.12. The molecule has 0 fully saturated rings. The van der Waals surface area contributed by atoms with Crippen molar-refractivity contribution >= 4 is 28.4 Å². The van der Waals surface area contributed by atoms with Gasteiger partial charge in [-0.1, -0.05) is 18.2 Å². The molecular weight excluding hydrogens is 370 g/mol. The number of methoxy groups -OCH3 is 1. The quantitative estimate of drug-likeness (QED) is 0.385. The summed E-state index contributed by atoms with van der Waals surface area (Å²) in [5, 5.41) is 11.7. The van der Waals surface area contributed by atoms with Crippen LogP contribution in [0.1, 0.15) is 16.7 Å². The van der Waals surface area contributed by atoms with Gasteiger partial charge in [0.2, 0.25) is 0 Å². The number of carbonyl (C=O) groups excluding carboxylic acids is 1. The number of nitrogens with zero attached hydrogens (tertiary/aromatic N) is 3. The Labute approximate surface area is 167 Å². The number of fused-ring (bicyclic) bond motifs is 1. The number of benzene rings is 2. The molecule has 0 atom stereocenters. The lowest BCUT2D eigenvalue weighted by Crippen LogP contribution is -2.21. The van der Waals surface area contributed by atoms with Crippen molar-refractivity contribution < 1.29 is 14.5 Å². The fraction of sp³-hybridized carbons (Fsp3) is 0.0909. The molecule has 0 unspecified atom stereocenters. The summed E-state index contributed by atoms with van der Waals surface area (Å²) in [5.74, 6) is 0.350. The van der Waals surface area contributed by atoms with E-state index in [1.54, 1.807) is 75.1 Å². The van der Waals surface area contributed by atoms with Crippen molar-refractivity contribution in [1.82, 2.24) is 4.98 Å². The van der Waals surface area contributed by atoms with Crippen LogP contribution in [0.5, 0.6) is 5.75 Å². The van der Waals surface area contributed by atoms with Gasteiger partial charge in [-0.15, -0.1) is 0 Å². The first-order valence-corrected chi connectivity index (χ1v) is 8.88. The molecule has 3 aromatic rings. The van der Waals surface area contributed by atoms with E-state index in [0.717, 1.165) is 0 Å². The maximum Gasteiger partial charge on any atom is 0.277 e. The summed E-state index contributed by atoms with van der Waals surface area (Å²) in [7, 11) is 3.23. The highest BCUT2D eigenvalue weighted by molar-refractivity contribution is 6.39. The fourth-order valence-corrected chi connectivity index (χ4v) is 3.56. The van der Waals surface area contributed by atoms with E-state index in [1.807, 2.05) is 0 Å². The number of hydrogen-bond donors (Lipinski definition) is 0. The molecule has 0 N–H and O–H groups in total. The van der Waals surface area contributed by atoms with Gasteiger partial charge >= 0.3 is 0 Å². The van der Waals surface area contributed by atoms with Crippen LogP contribution in [0.25, 0.3) is 11.1 Å². The Hall–Kier alpha value is -4.00. The van der Waals surface area contributed by atoms with Crippen LogP contribution in [0.3, 0.4) is 0 Å². The van der Waals surface area contributed by atoms with Crippen LogP contribution in [0.4, 0.5) is 11.4 Å². The summed E-state index contributed by atoms with van der Waals surface area (Å²) in [6.45, 7) is 0. The largest absolute Gasteiger partial charge is 0.497 e. The van der Waals surface area contributed by atoms with Crippen LogP contribution in [-0.4, -0.2) is 30.0 Å². The number of aromatic nitrogens is 1. The summed E-state index contributed by atoms with van der Waals surface area (Å²) < 4.78 is 5.34. The number of likely N-dealkylation sites (N-methyl/N-ethyl adjacent to an activating group) is 1. The van der Waals surface area contributed by atoms with Gasteiger partial charge in [0.1, 0.15) is 5.75 Å². The number of para-hydroxylation sites is 1. The third-order valence-electron chi connectivity index (χ3n) is 4.92. The molecule has 29 heavy (non-hydrogen) atoms. The second-order valence-corrected chi connectivity index (χ2v) is 6.51. The molecule has 2 heterocycles. The predicted molar refractivity (Wildman–Crippen MR) is 110 cm³/mol. The molecule has 0 saturated heterocycles. The standard InChI is InChI=1S/C22H17N3O4/c1-24-18-10-9-15(29-2)12-17(18)21(22(24)26)20(14-6-5-11-23-13-14)16-7-3-4-8-19(16)25(27)28/h3-13H,1-2H3/b21-20+. The molecule has 0 bridgehead atoms. The number of nitro groups is 1. The number of rotatable bonds is 4. The zero-order chi connectivity index (χ0) is 20.5. The molecule has 0 radical (unpaired) electrons. The highest BCUT2D eigenvalue weighted by Crippen LogP contribution is 2.45. The van der Waals surface area contributed by atoms with Gasteiger partial charge in [-0.2, -0.15) is 0 Å². The third-order valence-corrected chi connectivity index (χ3v) is 4.92. The van der Waals surface area contributed by atoms with E-state index in [9.17, 15) is 14.9 Å². The van der Waals surface area contributed by atoms with E-state index < -0.39 is 4.92 Å². The molecule has 1 aliphatic heterocycles. The van der Waals surface area contributed by atoms with E-state index in [1.165, 1.54) is 11.0 Å². The number of carbonyl (C=O) groups is 1. The SMILES string of the molecule is COc1ccc2c(c1)/C(=C(/c1cccnc1)c1ccccc1[N+](=O)[O-])C(=O)N2C. The number of pyridine rings is 1. The van der Waals surface area contributed by atoms with E-state index >= 15 is 0 Å². The minimum atomic E-state index is -0.443. The molecule has 1 aromatic heterocycles. The predicted octanol–water partition coefficient (Wildman–Crippen LogP) is 3.93. The van der Waals surface area contributed by atoms with Gasteiger partial charge in [-0.05, 0) is 30.3 Å². The van der Waals surface area contributed by atoms with Gasteiger partial charge in [0.05, 0.1) is 28.9 Å². The van der Waals surface area contributed by atoms with Gasteiger partial charge in [0.25, 0.3) is 11.6 Å². The number of anilines is 1. The maximum absolute atomic E-state index is 13.3. The molecular formula is C22H17N3O4. The van der Waals surface area contributed by atoms with E-state index in [-0.39, 0.29) is 11.6 Å². The Morgan fingerprint density at radius 3 is 2.62 bits per heavy atom. The van der Waals surface area contributed by atoms with Gasteiger partial charge < -0.3 is 9.64 Å². The second kappa shape index (κ2) is 7.20. The molecule has 144 valence electrons. The first-order chi connectivity index (χ1) is 14.0. The van der Waals surface area contributed by atoms with E-state index in [4.69, 9.17) is 4.74 Å². The summed E-state index contributed by atoms with van der Waals surface area (Å²) in [4.78, 5) is 30.2. The van der Waals surface area contributed by atoms with Gasteiger partial charge in [-0.3, -0.25) is 19.9 Å². The smallest absolute Gasteiger partial charge is 0.277 e. The van der Waals surface area contributed by atoms with Crippen LogP contribution in [0.2, 0.25) is 0 Å². The fourth-order valence-electron chi connectivity index (χ4n) is 3.56. The Morgan fingerprint density at radius 2 is 1.93 bits per heavy atom. The first kappa shape index (κ1) is 18.4. The third kappa shape index (κ3) is 3.02. The molecule has 2 aromatic carbocycles. The lowest BCUT2D eigenvalue weighted by molar-refractivity contribution is -0.385. The number of nitro benzene ring substituents is 1.